The van der Waals surface area contributed by atoms with Gasteiger partial charge in [-0.25, -0.2) is 12.7 Å². The Morgan fingerprint density at radius 1 is 0.979 bits per heavy atom. The van der Waals surface area contributed by atoms with Gasteiger partial charge in [0, 0.05) is 36.3 Å². The van der Waals surface area contributed by atoms with Crippen molar-refractivity contribution in [2.24, 2.45) is 5.92 Å². The number of carbonyl (C=O) groups is 2. The van der Waals surface area contributed by atoms with E-state index in [2.05, 4.69) is 10.1 Å². The number of alkyl halides is 3. The SMILES string of the molecule is COc1ccc(S(=O)(=O)N2C(=O)C(N[C@H](C(=O)N(C)C)C3CCCCC3)(c3ccccc3OC)c3cc(Cl)ccc32)c(OC(F)(F)F)c1. The number of nitrogens with zero attached hydrogens (tertiary/aromatic N) is 2. The Balaban J connectivity index is 1.80. The van der Waals surface area contributed by atoms with Gasteiger partial charge in [0.2, 0.25) is 5.91 Å². The van der Waals surface area contributed by atoms with Crippen molar-refractivity contribution in [3.63, 3.8) is 0 Å². The van der Waals surface area contributed by atoms with Crippen LogP contribution in [-0.4, -0.2) is 65.9 Å². The van der Waals surface area contributed by atoms with Crippen LogP contribution in [0, 0.1) is 5.92 Å². The first kappa shape index (κ1) is 35.3. The number of benzene rings is 3. The van der Waals surface area contributed by atoms with Gasteiger partial charge in [-0.2, -0.15) is 0 Å². The standard InChI is InChI=1S/C33H35ClF3N3O7S/c1-39(2)30(41)29(20-10-6-5-7-11-20)38-32(23-12-8-9-13-26(23)46-4)24-18-21(34)14-16-25(24)40(31(32)42)48(43,44)28-17-15-22(45-3)19-27(28)47-33(35,36)37/h8-9,12-20,29,38H,5-7,10-11H2,1-4H3/t29-,32?/m0/s1. The number of halogens is 4. The molecule has 0 spiro atoms. The van der Waals surface area contributed by atoms with E-state index in [0.29, 0.717) is 17.1 Å². The lowest BCUT2D eigenvalue weighted by Gasteiger charge is -2.39. The normalized spacial score (nSPS) is 19.1. The van der Waals surface area contributed by atoms with E-state index in [1.54, 1.807) is 38.4 Å². The van der Waals surface area contributed by atoms with Crippen molar-refractivity contribution < 1.29 is 45.4 Å². The fourth-order valence-corrected chi connectivity index (χ4v) is 8.26. The molecule has 258 valence electrons. The average Bonchev–Trinajstić information content (AvgIpc) is 3.30. The summed E-state index contributed by atoms with van der Waals surface area (Å²) < 4.78 is 85.0. The Morgan fingerprint density at radius 3 is 2.29 bits per heavy atom. The third-order valence-corrected chi connectivity index (χ3v) is 10.7. The monoisotopic (exact) mass is 709 g/mol. The first-order valence-electron chi connectivity index (χ1n) is 15.1. The van der Waals surface area contributed by atoms with Crippen LogP contribution in [0.5, 0.6) is 17.2 Å². The predicted molar refractivity (Wildman–Crippen MR) is 172 cm³/mol. The molecule has 15 heteroatoms. The van der Waals surface area contributed by atoms with Crippen LogP contribution in [0.2, 0.25) is 5.02 Å². The summed E-state index contributed by atoms with van der Waals surface area (Å²) in [5.41, 5.74) is -2.05. The molecule has 0 aromatic heterocycles. The Labute approximate surface area is 281 Å². The van der Waals surface area contributed by atoms with Gasteiger partial charge in [-0.1, -0.05) is 49.1 Å². The highest BCUT2D eigenvalue weighted by atomic mass is 35.5. The molecule has 2 amide bonds. The third-order valence-electron chi connectivity index (χ3n) is 8.69. The van der Waals surface area contributed by atoms with Crippen LogP contribution in [0.15, 0.2) is 65.6 Å². The lowest BCUT2D eigenvalue weighted by molar-refractivity contribution is -0.275. The van der Waals surface area contributed by atoms with Crippen LogP contribution in [-0.2, 0) is 25.2 Å². The van der Waals surface area contributed by atoms with Gasteiger partial charge >= 0.3 is 6.36 Å². The van der Waals surface area contributed by atoms with Crippen molar-refractivity contribution in [2.75, 3.05) is 32.6 Å². The number of ether oxygens (including phenoxy) is 3. The molecule has 0 saturated heterocycles. The minimum Gasteiger partial charge on any atom is -0.497 e. The number of rotatable bonds is 10. The van der Waals surface area contributed by atoms with Gasteiger partial charge in [0.25, 0.3) is 15.9 Å². The van der Waals surface area contributed by atoms with E-state index in [-0.39, 0.29) is 45.2 Å². The van der Waals surface area contributed by atoms with Gasteiger partial charge in [-0.3, -0.25) is 14.9 Å². The second-order valence-electron chi connectivity index (χ2n) is 11.8. The maximum absolute atomic E-state index is 15.2. The summed E-state index contributed by atoms with van der Waals surface area (Å²) in [4.78, 5) is 29.5. The smallest absolute Gasteiger partial charge is 0.497 e. The molecule has 1 fully saturated rings. The molecular weight excluding hydrogens is 675 g/mol. The van der Waals surface area contributed by atoms with E-state index in [1.165, 1.54) is 37.3 Å². The molecular formula is C33H35ClF3N3O7S. The fraction of sp³-hybridized carbons (Fsp3) is 0.394. The van der Waals surface area contributed by atoms with Crippen LogP contribution >= 0.6 is 11.6 Å². The van der Waals surface area contributed by atoms with E-state index in [9.17, 15) is 26.4 Å². The quantitative estimate of drug-likeness (QED) is 0.279. The molecule has 48 heavy (non-hydrogen) atoms. The average molecular weight is 710 g/mol. The number of likely N-dealkylation sites (N-methyl/N-ethyl adjacent to an activating group) is 1. The summed E-state index contributed by atoms with van der Waals surface area (Å²) in [5.74, 6) is -2.70. The second-order valence-corrected chi connectivity index (χ2v) is 14.0. The topological polar surface area (TPSA) is 114 Å². The van der Waals surface area contributed by atoms with Gasteiger partial charge < -0.3 is 19.1 Å². The summed E-state index contributed by atoms with van der Waals surface area (Å²) in [6.07, 6.45) is -1.27. The molecule has 10 nitrogen and oxygen atoms in total. The Bertz CT molecular complexity index is 1820. The van der Waals surface area contributed by atoms with Crippen molar-refractivity contribution in [1.29, 1.82) is 0 Å². The van der Waals surface area contributed by atoms with Crippen molar-refractivity contribution in [3.8, 4) is 17.2 Å². The zero-order valence-electron chi connectivity index (χ0n) is 26.6. The second kappa shape index (κ2) is 13.5. The number of methoxy groups -OCH3 is 2. The van der Waals surface area contributed by atoms with Crippen LogP contribution in [0.3, 0.4) is 0 Å². The van der Waals surface area contributed by atoms with E-state index >= 15 is 4.79 Å². The van der Waals surface area contributed by atoms with E-state index in [4.69, 9.17) is 21.1 Å². The number of anilines is 1. The van der Waals surface area contributed by atoms with Crippen LogP contribution in [0.4, 0.5) is 18.9 Å². The minimum absolute atomic E-state index is 0.0623. The zero-order chi connectivity index (χ0) is 35.0. The summed E-state index contributed by atoms with van der Waals surface area (Å²) in [7, 11) is 0.578. The molecule has 1 aliphatic heterocycles. The minimum atomic E-state index is -5.28. The van der Waals surface area contributed by atoms with Crippen molar-refractivity contribution in [3.05, 3.63) is 76.8 Å². The number of carbonyl (C=O) groups excluding carboxylic acids is 2. The molecule has 1 aliphatic carbocycles. The largest absolute Gasteiger partial charge is 0.573 e. The summed E-state index contributed by atoms with van der Waals surface area (Å²) >= 11 is 6.50. The highest BCUT2D eigenvalue weighted by Crippen LogP contribution is 2.51. The van der Waals surface area contributed by atoms with E-state index in [0.717, 1.165) is 37.5 Å². The molecule has 3 aromatic carbocycles. The van der Waals surface area contributed by atoms with E-state index in [1.807, 2.05) is 0 Å². The number of nitrogens with one attached hydrogen (secondary N) is 1. The predicted octanol–water partition coefficient (Wildman–Crippen LogP) is 5.86. The van der Waals surface area contributed by atoms with Crippen molar-refractivity contribution in [1.82, 2.24) is 10.2 Å². The van der Waals surface area contributed by atoms with Crippen molar-refractivity contribution >= 4 is 39.1 Å². The number of hydrogen-bond acceptors (Lipinski definition) is 8. The zero-order valence-corrected chi connectivity index (χ0v) is 28.2. The fourth-order valence-electron chi connectivity index (χ4n) is 6.52. The molecule has 1 unspecified atom stereocenters. The Hall–Kier alpha value is -4.01. The molecule has 1 saturated carbocycles. The molecule has 5 rings (SSSR count). The van der Waals surface area contributed by atoms with Crippen LogP contribution in [0.25, 0.3) is 0 Å². The molecule has 0 bridgehead atoms. The lowest BCUT2D eigenvalue weighted by Crippen LogP contribution is -2.61. The van der Waals surface area contributed by atoms with E-state index < -0.39 is 44.5 Å². The number of amides is 2. The third kappa shape index (κ3) is 6.40. The van der Waals surface area contributed by atoms with Crippen LogP contribution < -0.4 is 23.8 Å². The number of fused-ring (bicyclic) bond motifs is 1. The number of para-hydroxylation sites is 1. The molecule has 2 aliphatic rings. The van der Waals surface area contributed by atoms with Gasteiger partial charge in [0.05, 0.1) is 25.9 Å². The van der Waals surface area contributed by atoms with Crippen molar-refractivity contribution in [2.45, 2.75) is 54.9 Å². The van der Waals surface area contributed by atoms with Crippen LogP contribution in [0.1, 0.15) is 43.2 Å². The highest BCUT2D eigenvalue weighted by Gasteiger charge is 2.59. The van der Waals surface area contributed by atoms with Gasteiger partial charge in [-0.15, -0.1) is 13.2 Å². The number of hydrogen-bond donors (Lipinski definition) is 1. The molecule has 1 heterocycles. The first-order valence-corrected chi connectivity index (χ1v) is 16.9. The molecule has 0 radical (unpaired) electrons. The first-order chi connectivity index (χ1) is 22.7. The van der Waals surface area contributed by atoms with Gasteiger partial charge in [-0.05, 0) is 55.2 Å². The summed E-state index contributed by atoms with van der Waals surface area (Å²) in [6.45, 7) is 0. The molecule has 3 aromatic rings. The lowest BCUT2D eigenvalue weighted by atomic mass is 9.78. The summed E-state index contributed by atoms with van der Waals surface area (Å²) in [5, 5.41) is 3.45. The molecule has 2 atom stereocenters. The van der Waals surface area contributed by atoms with Gasteiger partial charge in [0.15, 0.2) is 11.3 Å². The Morgan fingerprint density at radius 2 is 1.67 bits per heavy atom. The number of sulfonamides is 1. The maximum atomic E-state index is 15.2. The Kier molecular flexibility index (Phi) is 9.91. The summed E-state index contributed by atoms with van der Waals surface area (Å²) in [6, 6.07) is 12.3. The highest BCUT2D eigenvalue weighted by molar-refractivity contribution is 7.93. The van der Waals surface area contributed by atoms with Gasteiger partial charge in [0.1, 0.15) is 16.4 Å². The molecule has 1 N–H and O–H groups in total. The maximum Gasteiger partial charge on any atom is 0.573 e.